The van der Waals surface area contributed by atoms with Gasteiger partial charge in [-0.3, -0.25) is 19.3 Å². The Morgan fingerprint density at radius 1 is 1.06 bits per heavy atom. The number of hydrogen-bond donors (Lipinski definition) is 1. The third-order valence-corrected chi connectivity index (χ3v) is 7.04. The highest BCUT2D eigenvalue weighted by atomic mass is 32.1. The van der Waals surface area contributed by atoms with E-state index >= 15 is 0 Å². The molecule has 2 aromatic heterocycles. The smallest absolute Gasteiger partial charge is 0.253 e. The molecular weight excluding hydrogens is 452 g/mol. The van der Waals surface area contributed by atoms with Crippen molar-refractivity contribution in [1.82, 2.24) is 14.4 Å². The van der Waals surface area contributed by atoms with Gasteiger partial charge in [-0.25, -0.2) is 0 Å². The number of carbonyl (C=O) groups excluding carboxylic acids is 3. The summed E-state index contributed by atoms with van der Waals surface area (Å²) in [4.78, 5) is 42.9. The minimum atomic E-state index is -0.540. The van der Waals surface area contributed by atoms with Gasteiger partial charge < -0.3 is 19.9 Å². The van der Waals surface area contributed by atoms with E-state index in [2.05, 4.69) is 0 Å². The number of carbonyl (C=O) groups is 3. The Morgan fingerprint density at radius 3 is 2.35 bits per heavy atom. The maximum Gasteiger partial charge on any atom is 0.253 e. The molecule has 0 bridgehead atoms. The van der Waals surface area contributed by atoms with Gasteiger partial charge in [0.05, 0.1) is 31.5 Å². The second-order valence-corrected chi connectivity index (χ2v) is 9.31. The highest BCUT2D eigenvalue weighted by Crippen LogP contribution is 2.21. The van der Waals surface area contributed by atoms with Crippen LogP contribution in [0.3, 0.4) is 0 Å². The van der Waals surface area contributed by atoms with Crippen LogP contribution >= 0.6 is 11.3 Å². The summed E-state index contributed by atoms with van der Waals surface area (Å²) in [6.45, 7) is 4.83. The number of nitrogens with two attached hydrogens (primary N) is 1. The molecule has 0 radical (unpaired) electrons. The van der Waals surface area contributed by atoms with E-state index in [-0.39, 0.29) is 18.2 Å². The predicted molar refractivity (Wildman–Crippen MR) is 131 cm³/mol. The molecule has 0 saturated carbocycles. The Hall–Kier alpha value is -3.43. The summed E-state index contributed by atoms with van der Waals surface area (Å²) < 4.78 is 7.02. The molecule has 1 aromatic carbocycles. The van der Waals surface area contributed by atoms with E-state index in [0.717, 1.165) is 4.88 Å². The fourth-order valence-corrected chi connectivity index (χ4v) is 4.89. The van der Waals surface area contributed by atoms with E-state index in [0.29, 0.717) is 61.0 Å². The number of primary amides is 1. The standard InChI is InChI=1S/C25H28N4O4S/c1-17-21(24(26)31)14-22(29(17)15-20-4-3-13-34-20)23(30)16-27-9-11-28(12-10-27)25(32)18-5-7-19(33-2)8-6-18/h3-8,13-14H,9-12,15-16H2,1-2H3,(H2,26,31). The zero-order valence-corrected chi connectivity index (χ0v) is 20.1. The largest absolute Gasteiger partial charge is 0.497 e. The minimum absolute atomic E-state index is 0.0276. The molecular formula is C25H28N4O4S. The summed E-state index contributed by atoms with van der Waals surface area (Å²) >= 11 is 1.60. The molecule has 3 aromatic rings. The van der Waals surface area contributed by atoms with Crippen LogP contribution in [0.5, 0.6) is 5.75 Å². The third kappa shape index (κ3) is 5.05. The van der Waals surface area contributed by atoms with Crippen LogP contribution in [0.4, 0.5) is 0 Å². The van der Waals surface area contributed by atoms with Gasteiger partial charge in [0.2, 0.25) is 0 Å². The Bertz CT molecular complexity index is 1180. The van der Waals surface area contributed by atoms with Crippen molar-refractivity contribution in [3.63, 3.8) is 0 Å². The van der Waals surface area contributed by atoms with Gasteiger partial charge in [-0.1, -0.05) is 6.07 Å². The van der Waals surface area contributed by atoms with Crippen LogP contribution in [0, 0.1) is 6.92 Å². The van der Waals surface area contributed by atoms with E-state index in [1.807, 2.05) is 33.9 Å². The second-order valence-electron chi connectivity index (χ2n) is 8.28. The van der Waals surface area contributed by atoms with Crippen molar-refractivity contribution >= 4 is 28.9 Å². The third-order valence-electron chi connectivity index (χ3n) is 6.18. The first-order valence-electron chi connectivity index (χ1n) is 11.1. The summed E-state index contributed by atoms with van der Waals surface area (Å²) in [5.74, 6) is 0.0721. The molecule has 0 unspecified atom stereocenters. The number of Topliss-reactive ketones (excluding diaryl/α,β-unsaturated/α-hetero) is 1. The molecule has 1 fully saturated rings. The summed E-state index contributed by atoms with van der Waals surface area (Å²) in [6, 6.07) is 12.6. The van der Waals surface area contributed by atoms with Crippen LogP contribution in [0.1, 0.15) is 41.8 Å². The molecule has 1 aliphatic heterocycles. The lowest BCUT2D eigenvalue weighted by molar-refractivity contribution is 0.0623. The molecule has 4 rings (SSSR count). The molecule has 0 aliphatic carbocycles. The van der Waals surface area contributed by atoms with Crippen molar-refractivity contribution < 1.29 is 19.1 Å². The molecule has 0 atom stereocenters. The molecule has 1 saturated heterocycles. The normalized spacial score (nSPS) is 14.2. The quantitative estimate of drug-likeness (QED) is 0.500. The number of ether oxygens (including phenoxy) is 1. The number of benzene rings is 1. The lowest BCUT2D eigenvalue weighted by atomic mass is 10.1. The van der Waals surface area contributed by atoms with Crippen molar-refractivity contribution in [3.8, 4) is 5.75 Å². The number of rotatable bonds is 8. The molecule has 34 heavy (non-hydrogen) atoms. The van der Waals surface area contributed by atoms with Crippen molar-refractivity contribution in [1.29, 1.82) is 0 Å². The molecule has 0 spiro atoms. The SMILES string of the molecule is COc1ccc(C(=O)N2CCN(CC(=O)c3cc(C(N)=O)c(C)n3Cc3cccs3)CC2)cc1. The first kappa shape index (κ1) is 23.7. The highest BCUT2D eigenvalue weighted by Gasteiger charge is 2.26. The van der Waals surface area contributed by atoms with Crippen LogP contribution in [0.25, 0.3) is 0 Å². The number of thiophene rings is 1. The fraction of sp³-hybridized carbons (Fsp3) is 0.320. The van der Waals surface area contributed by atoms with Gasteiger partial charge >= 0.3 is 0 Å². The van der Waals surface area contributed by atoms with Gasteiger partial charge in [0, 0.05) is 42.3 Å². The Labute approximate surface area is 202 Å². The van der Waals surface area contributed by atoms with E-state index in [1.54, 1.807) is 53.7 Å². The molecule has 2 amide bonds. The molecule has 1 aliphatic rings. The lowest BCUT2D eigenvalue weighted by Crippen LogP contribution is -2.50. The number of ketones is 1. The number of methoxy groups -OCH3 is 1. The average Bonchev–Trinajstić information content (AvgIpc) is 3.48. The van der Waals surface area contributed by atoms with Crippen LogP contribution in [0.2, 0.25) is 0 Å². The van der Waals surface area contributed by atoms with Crippen molar-refractivity contribution in [3.05, 3.63) is 75.2 Å². The topological polar surface area (TPSA) is 97.9 Å². The first-order chi connectivity index (χ1) is 16.4. The van der Waals surface area contributed by atoms with E-state index in [4.69, 9.17) is 10.5 Å². The fourth-order valence-electron chi connectivity index (χ4n) is 4.20. The monoisotopic (exact) mass is 480 g/mol. The molecule has 8 nitrogen and oxygen atoms in total. The Kier molecular flexibility index (Phi) is 7.14. The van der Waals surface area contributed by atoms with Crippen LogP contribution in [-0.4, -0.2) is 71.8 Å². The first-order valence-corrected chi connectivity index (χ1v) is 12.0. The Morgan fingerprint density at radius 2 is 1.76 bits per heavy atom. The minimum Gasteiger partial charge on any atom is -0.497 e. The molecule has 3 heterocycles. The van der Waals surface area contributed by atoms with Gasteiger partial charge in [0.25, 0.3) is 11.8 Å². The van der Waals surface area contributed by atoms with Crippen molar-refractivity contribution in [2.75, 3.05) is 39.8 Å². The molecule has 2 N–H and O–H groups in total. The van der Waals surface area contributed by atoms with Crippen molar-refractivity contribution in [2.24, 2.45) is 5.73 Å². The zero-order valence-electron chi connectivity index (χ0n) is 19.3. The van der Waals surface area contributed by atoms with Gasteiger partial charge in [-0.2, -0.15) is 0 Å². The molecule has 178 valence electrons. The summed E-state index contributed by atoms with van der Waals surface area (Å²) in [7, 11) is 1.59. The van der Waals surface area contributed by atoms with Gasteiger partial charge in [-0.05, 0) is 48.7 Å². The number of hydrogen-bond acceptors (Lipinski definition) is 6. The summed E-state index contributed by atoms with van der Waals surface area (Å²) in [5, 5.41) is 1.98. The highest BCUT2D eigenvalue weighted by molar-refractivity contribution is 7.09. The second kappa shape index (κ2) is 10.2. The van der Waals surface area contributed by atoms with Crippen LogP contribution in [-0.2, 0) is 6.54 Å². The summed E-state index contributed by atoms with van der Waals surface area (Å²) in [6.07, 6.45) is 0. The van der Waals surface area contributed by atoms with Gasteiger partial charge in [0.15, 0.2) is 5.78 Å². The number of amides is 2. The van der Waals surface area contributed by atoms with Crippen molar-refractivity contribution in [2.45, 2.75) is 13.5 Å². The number of nitrogens with zero attached hydrogens (tertiary/aromatic N) is 3. The maximum absolute atomic E-state index is 13.2. The predicted octanol–water partition coefficient (Wildman–Crippen LogP) is 2.65. The maximum atomic E-state index is 13.2. The molecule has 9 heteroatoms. The average molecular weight is 481 g/mol. The van der Waals surface area contributed by atoms with Gasteiger partial charge in [-0.15, -0.1) is 11.3 Å². The number of piperazine rings is 1. The Balaban J connectivity index is 1.41. The van der Waals surface area contributed by atoms with Crippen LogP contribution in [0.15, 0.2) is 47.8 Å². The van der Waals surface area contributed by atoms with E-state index < -0.39 is 5.91 Å². The summed E-state index contributed by atoms with van der Waals surface area (Å²) in [5.41, 5.74) is 7.71. The van der Waals surface area contributed by atoms with Gasteiger partial charge in [0.1, 0.15) is 5.75 Å². The van der Waals surface area contributed by atoms with E-state index in [9.17, 15) is 14.4 Å². The van der Waals surface area contributed by atoms with E-state index in [1.165, 1.54) is 0 Å². The van der Waals surface area contributed by atoms with Crippen LogP contribution < -0.4 is 10.5 Å². The lowest BCUT2D eigenvalue weighted by Gasteiger charge is -2.34. The number of aromatic nitrogens is 1. The zero-order chi connectivity index (χ0) is 24.2.